The molecule has 1 aliphatic heterocycles. The van der Waals surface area contributed by atoms with Gasteiger partial charge in [0, 0.05) is 12.6 Å². The molecule has 2 rings (SSSR count). The first-order chi connectivity index (χ1) is 10.0. The van der Waals surface area contributed by atoms with Gasteiger partial charge in [0.25, 0.3) is 0 Å². The third-order valence-electron chi connectivity index (χ3n) is 4.23. The van der Waals surface area contributed by atoms with E-state index in [4.69, 9.17) is 10.5 Å². The van der Waals surface area contributed by atoms with E-state index in [1.54, 1.807) is 0 Å². The van der Waals surface area contributed by atoms with Crippen molar-refractivity contribution in [1.29, 1.82) is 0 Å². The Morgan fingerprint density at radius 2 is 2.14 bits per heavy atom. The van der Waals surface area contributed by atoms with Gasteiger partial charge in [-0.1, -0.05) is 12.1 Å². The maximum Gasteiger partial charge on any atom is 0.226 e. The molecule has 0 aliphatic carbocycles. The van der Waals surface area contributed by atoms with Crippen LogP contribution in [0.2, 0.25) is 0 Å². The zero-order valence-electron chi connectivity index (χ0n) is 13.7. The molecule has 0 saturated carbocycles. The van der Waals surface area contributed by atoms with Crippen LogP contribution in [-0.4, -0.2) is 36.5 Å². The average molecular weight is 327 g/mol. The van der Waals surface area contributed by atoms with Crippen molar-refractivity contribution in [2.45, 2.75) is 39.7 Å². The van der Waals surface area contributed by atoms with Gasteiger partial charge >= 0.3 is 0 Å². The largest absolute Gasteiger partial charge is 0.493 e. The molecule has 0 aromatic heterocycles. The lowest BCUT2D eigenvalue weighted by Gasteiger charge is -2.21. The summed E-state index contributed by atoms with van der Waals surface area (Å²) in [7, 11) is 0. The number of halogens is 1. The summed E-state index contributed by atoms with van der Waals surface area (Å²) < 4.78 is 5.76. The summed E-state index contributed by atoms with van der Waals surface area (Å²) in [6.45, 7) is 8.03. The summed E-state index contributed by atoms with van der Waals surface area (Å²) in [5, 5.41) is 0. The highest BCUT2D eigenvalue weighted by atomic mass is 35.5. The highest BCUT2D eigenvalue weighted by molar-refractivity contribution is 5.85. The van der Waals surface area contributed by atoms with Gasteiger partial charge in [-0.25, -0.2) is 0 Å². The molecule has 124 valence electrons. The van der Waals surface area contributed by atoms with Gasteiger partial charge in [-0.05, 0) is 56.8 Å². The highest BCUT2D eigenvalue weighted by Crippen LogP contribution is 2.23. The normalized spacial score (nSPS) is 20.6. The maximum absolute atomic E-state index is 12.3. The van der Waals surface area contributed by atoms with Crippen molar-refractivity contribution in [2.75, 3.05) is 19.7 Å². The van der Waals surface area contributed by atoms with Gasteiger partial charge in [0.1, 0.15) is 5.75 Å². The first-order valence-corrected chi connectivity index (χ1v) is 7.71. The number of carbonyl (C=O) groups excluding carboxylic acids is 1. The van der Waals surface area contributed by atoms with Crippen LogP contribution in [0.25, 0.3) is 0 Å². The lowest BCUT2D eigenvalue weighted by Crippen LogP contribution is -2.35. The van der Waals surface area contributed by atoms with Crippen LogP contribution < -0.4 is 10.5 Å². The maximum atomic E-state index is 12.3. The minimum atomic E-state index is 0. The van der Waals surface area contributed by atoms with Gasteiger partial charge in [-0.3, -0.25) is 4.79 Å². The zero-order chi connectivity index (χ0) is 15.4. The van der Waals surface area contributed by atoms with Crippen LogP contribution in [0.15, 0.2) is 18.2 Å². The van der Waals surface area contributed by atoms with Gasteiger partial charge < -0.3 is 15.4 Å². The fourth-order valence-corrected chi connectivity index (χ4v) is 2.92. The molecule has 0 bridgehead atoms. The predicted molar refractivity (Wildman–Crippen MR) is 91.6 cm³/mol. The Morgan fingerprint density at radius 1 is 1.41 bits per heavy atom. The number of hydrogen-bond donors (Lipinski definition) is 1. The minimum absolute atomic E-state index is 0. The molecule has 1 aliphatic rings. The summed E-state index contributed by atoms with van der Waals surface area (Å²) in [6.07, 6.45) is 1.44. The number of aryl methyl sites for hydroxylation is 2. The standard InChI is InChI=1S/C17H26N2O2.ClH/c1-12-4-5-13(2)16(8-12)21-7-6-17(20)19-11-15(10-18)9-14(19)3;/h4-5,8,14-15H,6-7,9-11,18H2,1-3H3;1H. The fourth-order valence-electron chi connectivity index (χ4n) is 2.92. The SMILES string of the molecule is Cc1ccc(C)c(OCCC(=O)N2CC(CN)CC2C)c1.Cl. The van der Waals surface area contributed by atoms with Crippen LogP contribution in [0.3, 0.4) is 0 Å². The molecule has 22 heavy (non-hydrogen) atoms. The molecule has 0 spiro atoms. The minimum Gasteiger partial charge on any atom is -0.493 e. The van der Waals surface area contributed by atoms with Crippen LogP contribution in [0.4, 0.5) is 0 Å². The van der Waals surface area contributed by atoms with E-state index in [0.717, 1.165) is 24.3 Å². The average Bonchev–Trinajstić information content (AvgIpc) is 2.84. The molecule has 1 aromatic carbocycles. The predicted octanol–water partition coefficient (Wildman–Crippen LogP) is 2.69. The van der Waals surface area contributed by atoms with Crippen LogP contribution in [0.5, 0.6) is 5.75 Å². The number of benzene rings is 1. The summed E-state index contributed by atoms with van der Waals surface area (Å²) in [5.74, 6) is 1.49. The van der Waals surface area contributed by atoms with Crippen molar-refractivity contribution in [3.8, 4) is 5.75 Å². The fraction of sp³-hybridized carbons (Fsp3) is 0.588. The molecule has 2 N–H and O–H groups in total. The zero-order valence-corrected chi connectivity index (χ0v) is 14.5. The highest BCUT2D eigenvalue weighted by Gasteiger charge is 2.31. The number of carbonyl (C=O) groups is 1. The van der Waals surface area contributed by atoms with E-state index < -0.39 is 0 Å². The van der Waals surface area contributed by atoms with Gasteiger partial charge in [-0.15, -0.1) is 12.4 Å². The van der Waals surface area contributed by atoms with E-state index in [2.05, 4.69) is 13.0 Å². The molecule has 1 aromatic rings. The molecule has 1 fully saturated rings. The Balaban J connectivity index is 0.00000242. The Hall–Kier alpha value is -1.26. The lowest BCUT2D eigenvalue weighted by atomic mass is 10.1. The number of likely N-dealkylation sites (tertiary alicyclic amines) is 1. The third kappa shape index (κ3) is 4.62. The monoisotopic (exact) mass is 326 g/mol. The first kappa shape index (κ1) is 18.8. The number of amides is 1. The van der Waals surface area contributed by atoms with Gasteiger partial charge in [0.2, 0.25) is 5.91 Å². The molecular weight excluding hydrogens is 300 g/mol. The van der Waals surface area contributed by atoms with Gasteiger partial charge in [-0.2, -0.15) is 0 Å². The summed E-state index contributed by atoms with van der Waals surface area (Å²) in [6, 6.07) is 6.42. The van der Waals surface area contributed by atoms with E-state index in [1.165, 1.54) is 5.56 Å². The number of rotatable bonds is 5. The lowest BCUT2D eigenvalue weighted by molar-refractivity contribution is -0.132. The number of hydrogen-bond acceptors (Lipinski definition) is 3. The van der Waals surface area contributed by atoms with E-state index in [9.17, 15) is 4.79 Å². The molecule has 0 radical (unpaired) electrons. The molecule has 2 unspecified atom stereocenters. The summed E-state index contributed by atoms with van der Waals surface area (Å²) >= 11 is 0. The smallest absolute Gasteiger partial charge is 0.226 e. The van der Waals surface area contributed by atoms with Crippen molar-refractivity contribution in [2.24, 2.45) is 11.7 Å². The third-order valence-corrected chi connectivity index (χ3v) is 4.23. The Morgan fingerprint density at radius 3 is 2.77 bits per heavy atom. The molecule has 1 saturated heterocycles. The Labute approximate surface area is 139 Å². The van der Waals surface area contributed by atoms with Crippen molar-refractivity contribution < 1.29 is 9.53 Å². The summed E-state index contributed by atoms with van der Waals surface area (Å²) in [5.41, 5.74) is 7.97. The van der Waals surface area contributed by atoms with E-state index >= 15 is 0 Å². The van der Waals surface area contributed by atoms with E-state index in [0.29, 0.717) is 31.5 Å². The van der Waals surface area contributed by atoms with Gasteiger partial charge in [0.05, 0.1) is 13.0 Å². The first-order valence-electron chi connectivity index (χ1n) is 7.71. The number of ether oxygens (including phenoxy) is 1. The molecule has 2 atom stereocenters. The Kier molecular flexibility index (Phi) is 7.17. The van der Waals surface area contributed by atoms with Crippen molar-refractivity contribution >= 4 is 18.3 Å². The van der Waals surface area contributed by atoms with Crippen molar-refractivity contribution in [3.05, 3.63) is 29.3 Å². The Bertz CT molecular complexity index is 507. The van der Waals surface area contributed by atoms with Crippen molar-refractivity contribution in [1.82, 2.24) is 4.90 Å². The van der Waals surface area contributed by atoms with Crippen LogP contribution >= 0.6 is 12.4 Å². The van der Waals surface area contributed by atoms with Gasteiger partial charge in [0.15, 0.2) is 0 Å². The molecule has 5 heteroatoms. The van der Waals surface area contributed by atoms with Crippen molar-refractivity contribution in [3.63, 3.8) is 0 Å². The second-order valence-electron chi connectivity index (χ2n) is 6.10. The number of nitrogens with zero attached hydrogens (tertiary/aromatic N) is 1. The molecular formula is C17H27ClN2O2. The van der Waals surface area contributed by atoms with Crippen LogP contribution in [0.1, 0.15) is 30.9 Å². The molecule has 1 heterocycles. The quantitative estimate of drug-likeness (QED) is 0.905. The second-order valence-corrected chi connectivity index (χ2v) is 6.10. The molecule has 4 nitrogen and oxygen atoms in total. The van der Waals surface area contributed by atoms with E-state index in [1.807, 2.05) is 30.9 Å². The van der Waals surface area contributed by atoms with E-state index in [-0.39, 0.29) is 18.3 Å². The van der Waals surface area contributed by atoms with Crippen LogP contribution in [-0.2, 0) is 4.79 Å². The van der Waals surface area contributed by atoms with Crippen LogP contribution in [0, 0.1) is 19.8 Å². The summed E-state index contributed by atoms with van der Waals surface area (Å²) in [4.78, 5) is 14.2. The topological polar surface area (TPSA) is 55.6 Å². The second kappa shape index (κ2) is 8.39. The number of nitrogens with two attached hydrogens (primary N) is 1. The molecule has 1 amide bonds.